The topological polar surface area (TPSA) is 63.9 Å². The summed E-state index contributed by atoms with van der Waals surface area (Å²) in [7, 11) is 1.68. The van der Waals surface area contributed by atoms with Crippen LogP contribution in [0.5, 0.6) is 0 Å². The second-order valence-corrected chi connectivity index (χ2v) is 5.32. The number of benzene rings is 1. The average Bonchev–Trinajstić information content (AvgIpc) is 2.89. The lowest BCUT2D eigenvalue weighted by molar-refractivity contribution is 0.187. The molecule has 2 rings (SSSR count). The maximum atomic E-state index is 6.09. The van der Waals surface area contributed by atoms with E-state index in [9.17, 15) is 0 Å². The fraction of sp³-hybridized carbons (Fsp3) is 0.438. The van der Waals surface area contributed by atoms with Crippen LogP contribution < -0.4 is 5.73 Å². The number of aromatic amines is 1. The van der Waals surface area contributed by atoms with Gasteiger partial charge in [-0.25, -0.2) is 4.98 Å². The van der Waals surface area contributed by atoms with Crippen molar-refractivity contribution in [1.82, 2.24) is 9.97 Å². The van der Waals surface area contributed by atoms with Crippen LogP contribution in [0.3, 0.4) is 0 Å². The summed E-state index contributed by atoms with van der Waals surface area (Å²) < 4.78 is 5.05. The lowest BCUT2D eigenvalue weighted by Crippen LogP contribution is -2.14. The molecule has 4 heteroatoms. The minimum absolute atomic E-state index is 0.115. The minimum Gasteiger partial charge on any atom is -0.385 e. The Balaban J connectivity index is 2.27. The van der Waals surface area contributed by atoms with Crippen LogP contribution in [0, 0.1) is 20.8 Å². The molecule has 108 valence electrons. The second-order valence-electron chi connectivity index (χ2n) is 5.32. The Morgan fingerprint density at radius 3 is 2.60 bits per heavy atom. The first kappa shape index (κ1) is 14.8. The maximum Gasteiger partial charge on any atom is 0.123 e. The summed E-state index contributed by atoms with van der Waals surface area (Å²) in [6.07, 6.45) is 2.62. The van der Waals surface area contributed by atoms with Gasteiger partial charge in [0.25, 0.3) is 0 Å². The average molecular weight is 273 g/mol. The van der Waals surface area contributed by atoms with Crippen LogP contribution in [0.2, 0.25) is 0 Å². The number of aromatic nitrogens is 2. The number of rotatable bonds is 5. The van der Waals surface area contributed by atoms with E-state index >= 15 is 0 Å². The summed E-state index contributed by atoms with van der Waals surface area (Å²) in [6.45, 7) is 7.01. The fourth-order valence-electron chi connectivity index (χ4n) is 2.29. The predicted molar refractivity (Wildman–Crippen MR) is 81.7 cm³/mol. The van der Waals surface area contributed by atoms with E-state index in [1.165, 1.54) is 22.3 Å². The molecule has 20 heavy (non-hydrogen) atoms. The Morgan fingerprint density at radius 1 is 1.20 bits per heavy atom. The first-order valence-corrected chi connectivity index (χ1v) is 6.90. The van der Waals surface area contributed by atoms with E-state index in [2.05, 4.69) is 42.9 Å². The molecule has 1 atom stereocenters. The molecule has 0 spiro atoms. The van der Waals surface area contributed by atoms with Crippen molar-refractivity contribution in [3.8, 4) is 11.3 Å². The van der Waals surface area contributed by atoms with Gasteiger partial charge >= 0.3 is 0 Å². The summed E-state index contributed by atoms with van der Waals surface area (Å²) in [5.41, 5.74) is 12.1. The number of aryl methyl sites for hydroxylation is 3. The highest BCUT2D eigenvalue weighted by atomic mass is 16.5. The molecule has 1 aromatic carbocycles. The van der Waals surface area contributed by atoms with Crippen LogP contribution in [0.4, 0.5) is 0 Å². The number of imidazole rings is 1. The fourth-order valence-corrected chi connectivity index (χ4v) is 2.29. The van der Waals surface area contributed by atoms with E-state index in [1.54, 1.807) is 7.11 Å². The highest BCUT2D eigenvalue weighted by Gasteiger charge is 2.12. The number of hydrogen-bond acceptors (Lipinski definition) is 3. The maximum absolute atomic E-state index is 6.09. The minimum atomic E-state index is -0.115. The zero-order valence-electron chi connectivity index (χ0n) is 12.7. The van der Waals surface area contributed by atoms with Gasteiger partial charge < -0.3 is 15.5 Å². The Labute approximate surface area is 120 Å². The van der Waals surface area contributed by atoms with Crippen LogP contribution in [-0.4, -0.2) is 23.7 Å². The Kier molecular flexibility index (Phi) is 4.57. The number of H-pyrrole nitrogens is 1. The Bertz CT molecular complexity index is 589. The molecule has 0 bridgehead atoms. The van der Waals surface area contributed by atoms with Crippen LogP contribution >= 0.6 is 0 Å². The van der Waals surface area contributed by atoms with Crippen LogP contribution in [-0.2, 0) is 4.74 Å². The summed E-state index contributed by atoms with van der Waals surface area (Å²) in [6, 6.07) is 4.29. The highest BCUT2D eigenvalue weighted by Crippen LogP contribution is 2.26. The van der Waals surface area contributed by atoms with Gasteiger partial charge in [0.15, 0.2) is 0 Å². The van der Waals surface area contributed by atoms with Crippen molar-refractivity contribution < 1.29 is 4.74 Å². The van der Waals surface area contributed by atoms with Gasteiger partial charge in [0.1, 0.15) is 5.82 Å². The zero-order valence-corrected chi connectivity index (χ0v) is 12.7. The van der Waals surface area contributed by atoms with Gasteiger partial charge in [-0.05, 0) is 49.9 Å². The molecule has 0 aliphatic heterocycles. The van der Waals surface area contributed by atoms with Crippen molar-refractivity contribution in [1.29, 1.82) is 0 Å². The standard InChI is InChI=1S/C16H23N3O/c1-10-7-12(3)13(8-11(10)2)15-9-18-16(19-15)14(17)5-6-20-4/h7-9,14H,5-6,17H2,1-4H3,(H,18,19). The molecule has 0 saturated heterocycles. The number of methoxy groups -OCH3 is 1. The van der Waals surface area contributed by atoms with E-state index in [0.717, 1.165) is 17.9 Å². The van der Waals surface area contributed by atoms with Gasteiger partial charge in [-0.3, -0.25) is 0 Å². The molecule has 1 unspecified atom stereocenters. The summed E-state index contributed by atoms with van der Waals surface area (Å²) in [5, 5.41) is 0. The Hall–Kier alpha value is -1.65. The van der Waals surface area contributed by atoms with E-state index in [4.69, 9.17) is 10.5 Å². The Morgan fingerprint density at radius 2 is 1.90 bits per heavy atom. The van der Waals surface area contributed by atoms with Gasteiger partial charge in [0.05, 0.1) is 17.9 Å². The zero-order chi connectivity index (χ0) is 14.7. The lowest BCUT2D eigenvalue weighted by atomic mass is 9.99. The van der Waals surface area contributed by atoms with Crippen molar-refractivity contribution in [3.05, 3.63) is 40.8 Å². The number of nitrogens with two attached hydrogens (primary N) is 1. The smallest absolute Gasteiger partial charge is 0.123 e. The molecule has 0 saturated carbocycles. The van der Waals surface area contributed by atoms with Crippen molar-refractivity contribution in [2.24, 2.45) is 5.73 Å². The van der Waals surface area contributed by atoms with Gasteiger partial charge in [-0.1, -0.05) is 6.07 Å². The quantitative estimate of drug-likeness (QED) is 0.880. The summed E-state index contributed by atoms with van der Waals surface area (Å²) in [5.74, 6) is 0.815. The molecule has 3 N–H and O–H groups in total. The summed E-state index contributed by atoms with van der Waals surface area (Å²) in [4.78, 5) is 7.74. The molecule has 1 heterocycles. The normalized spacial score (nSPS) is 12.7. The molecule has 2 aromatic rings. The van der Waals surface area contributed by atoms with Gasteiger partial charge in [0, 0.05) is 19.3 Å². The third kappa shape index (κ3) is 3.08. The van der Waals surface area contributed by atoms with Gasteiger partial charge in [-0.15, -0.1) is 0 Å². The van der Waals surface area contributed by atoms with E-state index < -0.39 is 0 Å². The largest absolute Gasteiger partial charge is 0.385 e. The third-order valence-electron chi connectivity index (χ3n) is 3.71. The first-order valence-electron chi connectivity index (χ1n) is 6.90. The molecule has 0 aliphatic carbocycles. The molecule has 0 amide bonds. The van der Waals surface area contributed by atoms with Gasteiger partial charge in [-0.2, -0.15) is 0 Å². The number of nitrogens with zero attached hydrogens (tertiary/aromatic N) is 1. The van der Waals surface area contributed by atoms with Gasteiger partial charge in [0.2, 0.25) is 0 Å². The molecule has 1 aromatic heterocycles. The SMILES string of the molecule is COCCC(N)c1ncc(-c2cc(C)c(C)cc2C)[nH]1. The van der Waals surface area contributed by atoms with E-state index in [1.807, 2.05) is 6.20 Å². The highest BCUT2D eigenvalue weighted by molar-refractivity contribution is 5.65. The van der Waals surface area contributed by atoms with E-state index in [-0.39, 0.29) is 6.04 Å². The number of hydrogen-bond donors (Lipinski definition) is 2. The number of ether oxygens (including phenoxy) is 1. The van der Waals surface area contributed by atoms with Crippen LogP contribution in [0.25, 0.3) is 11.3 Å². The molecule has 0 radical (unpaired) electrons. The number of nitrogens with one attached hydrogen (secondary N) is 1. The van der Waals surface area contributed by atoms with Crippen LogP contribution in [0.15, 0.2) is 18.3 Å². The summed E-state index contributed by atoms with van der Waals surface area (Å²) >= 11 is 0. The first-order chi connectivity index (χ1) is 9.52. The van der Waals surface area contributed by atoms with Crippen molar-refractivity contribution in [2.45, 2.75) is 33.2 Å². The molecular formula is C16H23N3O. The molecule has 0 aliphatic rings. The molecule has 4 nitrogen and oxygen atoms in total. The molecule has 0 fully saturated rings. The third-order valence-corrected chi connectivity index (χ3v) is 3.71. The second kappa shape index (κ2) is 6.20. The predicted octanol–water partition coefficient (Wildman–Crippen LogP) is 3.04. The van der Waals surface area contributed by atoms with Crippen molar-refractivity contribution in [3.63, 3.8) is 0 Å². The van der Waals surface area contributed by atoms with Crippen LogP contribution in [0.1, 0.15) is 35.0 Å². The lowest BCUT2D eigenvalue weighted by Gasteiger charge is -2.09. The monoisotopic (exact) mass is 273 g/mol. The molecular weight excluding hydrogens is 250 g/mol. The van der Waals surface area contributed by atoms with E-state index in [0.29, 0.717) is 6.61 Å². The van der Waals surface area contributed by atoms with Crippen molar-refractivity contribution in [2.75, 3.05) is 13.7 Å². The van der Waals surface area contributed by atoms with Crippen molar-refractivity contribution >= 4 is 0 Å².